The summed E-state index contributed by atoms with van der Waals surface area (Å²) in [7, 11) is 0. The Hall–Kier alpha value is 0. The van der Waals surface area contributed by atoms with Crippen LogP contribution in [0.1, 0.15) is 303 Å². The van der Waals surface area contributed by atoms with Gasteiger partial charge in [-0.25, -0.2) is 0 Å². The quantitative estimate of drug-likeness (QED) is 0.0546. The zero-order chi connectivity index (χ0) is 37.3. The topological polar surface area (TPSA) is 0 Å². The Labute approximate surface area is 337 Å². The van der Waals surface area contributed by atoms with E-state index in [1.165, 1.54) is 231 Å². The molecule has 6 unspecified atom stereocenters. The van der Waals surface area contributed by atoms with Crippen molar-refractivity contribution in [3.8, 4) is 0 Å². The number of unbranched alkanes of at least 4 members (excludes halogenated alkanes) is 32. The van der Waals surface area contributed by atoms with E-state index >= 15 is 0 Å². The Morgan fingerprint density at radius 1 is 0.189 bits per heavy atom. The molecule has 0 aromatic rings. The molecule has 3 aliphatic rings. The summed E-state index contributed by atoms with van der Waals surface area (Å²) in [6, 6.07) is 0. The van der Waals surface area contributed by atoms with Gasteiger partial charge in [0.25, 0.3) is 0 Å². The van der Waals surface area contributed by atoms with Gasteiger partial charge in [0.1, 0.15) is 0 Å². The zero-order valence-electron chi connectivity index (χ0n) is 37.3. The van der Waals surface area contributed by atoms with E-state index in [4.69, 9.17) is 0 Å². The Morgan fingerprint density at radius 3 is 0.472 bits per heavy atom. The lowest BCUT2D eigenvalue weighted by Crippen LogP contribution is -1.88. The van der Waals surface area contributed by atoms with Crippen LogP contribution in [0, 0.1) is 35.5 Å². The molecule has 3 rings (SSSR count). The molecular weight excluding hydrogens is 637 g/mol. The van der Waals surface area contributed by atoms with E-state index in [0.717, 1.165) is 35.5 Å². The van der Waals surface area contributed by atoms with Crippen LogP contribution in [0.25, 0.3) is 0 Å². The SMILES string of the molecule is CCCCCCCCCC1CC1CCCCCCCCCCCCCC1CC1CCCCCCCCCCCCCC1CC1CCCCCCCCC. The summed E-state index contributed by atoms with van der Waals surface area (Å²) in [6.07, 6.45) is 68.1. The number of hydrogen-bond acceptors (Lipinski definition) is 0. The molecule has 6 atom stereocenters. The van der Waals surface area contributed by atoms with Crippen molar-refractivity contribution in [3.05, 3.63) is 0 Å². The summed E-state index contributed by atoms with van der Waals surface area (Å²) >= 11 is 0. The van der Waals surface area contributed by atoms with Crippen molar-refractivity contribution in [2.24, 2.45) is 35.5 Å². The fourth-order valence-corrected chi connectivity index (χ4v) is 10.6. The molecule has 0 radical (unpaired) electrons. The first-order chi connectivity index (χ1) is 26.3. The molecule has 53 heavy (non-hydrogen) atoms. The van der Waals surface area contributed by atoms with Gasteiger partial charge in [-0.3, -0.25) is 0 Å². The molecule has 0 heteroatoms. The van der Waals surface area contributed by atoms with Gasteiger partial charge in [-0.05, 0) is 54.8 Å². The van der Waals surface area contributed by atoms with E-state index in [1.54, 1.807) is 57.8 Å². The van der Waals surface area contributed by atoms with Crippen LogP contribution in [-0.2, 0) is 0 Å². The molecule has 0 aromatic carbocycles. The second kappa shape index (κ2) is 34.1. The van der Waals surface area contributed by atoms with Gasteiger partial charge < -0.3 is 0 Å². The van der Waals surface area contributed by atoms with Gasteiger partial charge in [-0.2, -0.15) is 0 Å². The van der Waals surface area contributed by atoms with Crippen LogP contribution in [0.15, 0.2) is 0 Å². The van der Waals surface area contributed by atoms with Gasteiger partial charge in [0.2, 0.25) is 0 Å². The summed E-state index contributed by atoms with van der Waals surface area (Å²) in [4.78, 5) is 0. The zero-order valence-corrected chi connectivity index (χ0v) is 37.3. The first-order valence-electron chi connectivity index (χ1n) is 26.3. The summed E-state index contributed by atoms with van der Waals surface area (Å²) in [6.45, 7) is 4.64. The molecule has 0 aromatic heterocycles. The molecule has 0 spiro atoms. The van der Waals surface area contributed by atoms with Crippen molar-refractivity contribution in [1.82, 2.24) is 0 Å². The fraction of sp³-hybridized carbons (Fsp3) is 1.00. The number of hydrogen-bond donors (Lipinski definition) is 0. The van der Waals surface area contributed by atoms with Gasteiger partial charge in [0, 0.05) is 0 Å². The highest BCUT2D eigenvalue weighted by Crippen LogP contribution is 2.47. The molecule has 3 saturated carbocycles. The Kier molecular flexibility index (Phi) is 30.5. The van der Waals surface area contributed by atoms with Crippen LogP contribution in [0.3, 0.4) is 0 Å². The molecule has 0 N–H and O–H groups in total. The minimum Gasteiger partial charge on any atom is -0.0654 e. The van der Waals surface area contributed by atoms with E-state index in [1.807, 2.05) is 0 Å². The van der Waals surface area contributed by atoms with Crippen molar-refractivity contribution >= 4 is 0 Å². The smallest absolute Gasteiger partial charge is 0.0383 e. The van der Waals surface area contributed by atoms with Crippen LogP contribution >= 0.6 is 0 Å². The van der Waals surface area contributed by atoms with Crippen LogP contribution in [-0.4, -0.2) is 0 Å². The van der Waals surface area contributed by atoms with Crippen LogP contribution in [0.5, 0.6) is 0 Å². The van der Waals surface area contributed by atoms with Gasteiger partial charge >= 0.3 is 0 Å². The van der Waals surface area contributed by atoms with Gasteiger partial charge in [-0.1, -0.05) is 284 Å². The van der Waals surface area contributed by atoms with Crippen molar-refractivity contribution < 1.29 is 0 Å². The highest BCUT2D eigenvalue weighted by molar-refractivity contribution is 4.87. The molecule has 0 nitrogen and oxygen atoms in total. The van der Waals surface area contributed by atoms with E-state index in [-0.39, 0.29) is 0 Å². The minimum atomic E-state index is 1.13. The second-order valence-corrected chi connectivity index (χ2v) is 20.0. The lowest BCUT2D eigenvalue weighted by atomic mass is 10.0. The lowest BCUT2D eigenvalue weighted by molar-refractivity contribution is 0.497. The van der Waals surface area contributed by atoms with Gasteiger partial charge in [0.15, 0.2) is 0 Å². The molecular formula is C53H102. The monoisotopic (exact) mass is 739 g/mol. The molecule has 0 bridgehead atoms. The summed E-state index contributed by atoms with van der Waals surface area (Å²) < 4.78 is 0. The maximum Gasteiger partial charge on any atom is -0.0383 e. The molecule has 3 aliphatic carbocycles. The lowest BCUT2D eigenvalue weighted by Gasteiger charge is -2.05. The van der Waals surface area contributed by atoms with Crippen LogP contribution in [0.4, 0.5) is 0 Å². The maximum absolute atomic E-state index is 2.32. The standard InChI is InChI=1S/C53H102/c1-3-5-7-9-21-27-33-39-48-45-50(48)41-35-29-23-17-13-11-15-19-25-31-37-43-52-47-53(52)44-38-32-26-20-16-12-14-18-24-30-36-42-51-46-49(51)40-34-28-22-10-8-6-4-2/h48-53H,3-47H2,1-2H3. The molecule has 0 amide bonds. The Bertz CT molecular complexity index is 691. The predicted molar refractivity (Wildman–Crippen MR) is 240 cm³/mol. The number of rotatable bonds is 44. The van der Waals surface area contributed by atoms with Gasteiger partial charge in [-0.15, -0.1) is 0 Å². The van der Waals surface area contributed by atoms with Crippen molar-refractivity contribution in [2.45, 2.75) is 303 Å². The first kappa shape index (κ1) is 47.4. The minimum absolute atomic E-state index is 1.13. The summed E-state index contributed by atoms with van der Waals surface area (Å²) in [5.74, 6) is 6.80. The molecule has 0 heterocycles. The van der Waals surface area contributed by atoms with Crippen LogP contribution in [0.2, 0.25) is 0 Å². The third-order valence-corrected chi connectivity index (χ3v) is 14.9. The summed E-state index contributed by atoms with van der Waals surface area (Å²) in [5, 5.41) is 0. The van der Waals surface area contributed by atoms with E-state index < -0.39 is 0 Å². The fourth-order valence-electron chi connectivity index (χ4n) is 10.6. The Balaban J connectivity index is 0.909. The highest BCUT2D eigenvalue weighted by Gasteiger charge is 2.36. The predicted octanol–water partition coefficient (Wildman–Crippen LogP) is 19.3. The third kappa shape index (κ3) is 28.1. The van der Waals surface area contributed by atoms with E-state index in [9.17, 15) is 0 Å². The molecule has 3 fully saturated rings. The normalized spacial score (nSPS) is 23.2. The van der Waals surface area contributed by atoms with E-state index in [0.29, 0.717) is 0 Å². The van der Waals surface area contributed by atoms with E-state index in [2.05, 4.69) is 13.8 Å². The van der Waals surface area contributed by atoms with Crippen molar-refractivity contribution in [1.29, 1.82) is 0 Å². The second-order valence-electron chi connectivity index (χ2n) is 20.0. The Morgan fingerprint density at radius 2 is 0.321 bits per heavy atom. The third-order valence-electron chi connectivity index (χ3n) is 14.9. The summed E-state index contributed by atoms with van der Waals surface area (Å²) in [5.41, 5.74) is 0. The molecule has 0 aliphatic heterocycles. The molecule has 0 saturated heterocycles. The molecule has 314 valence electrons. The van der Waals surface area contributed by atoms with Gasteiger partial charge in [0.05, 0.1) is 0 Å². The van der Waals surface area contributed by atoms with Crippen LogP contribution < -0.4 is 0 Å². The average molecular weight is 739 g/mol. The van der Waals surface area contributed by atoms with Crippen molar-refractivity contribution in [2.75, 3.05) is 0 Å². The maximum atomic E-state index is 2.32. The first-order valence-corrected chi connectivity index (χ1v) is 26.3. The highest BCUT2D eigenvalue weighted by atomic mass is 14.4. The van der Waals surface area contributed by atoms with Crippen molar-refractivity contribution in [3.63, 3.8) is 0 Å². The largest absolute Gasteiger partial charge is 0.0654 e. The average Bonchev–Trinajstić information content (AvgIpc) is 4.10.